The fraction of sp³-hybridized carbons (Fsp3) is 0.375. The molecule has 3 fully saturated rings. The van der Waals surface area contributed by atoms with Crippen LogP contribution in [0.25, 0.3) is 33.8 Å². The van der Waals surface area contributed by atoms with Crippen LogP contribution in [0.2, 0.25) is 0 Å². The highest BCUT2D eigenvalue weighted by molar-refractivity contribution is 6.07. The van der Waals surface area contributed by atoms with E-state index in [1.165, 1.54) is 12.1 Å². The van der Waals surface area contributed by atoms with Gasteiger partial charge in [0, 0.05) is 85.8 Å². The van der Waals surface area contributed by atoms with Crippen LogP contribution in [0.4, 0.5) is 92.4 Å². The summed E-state index contributed by atoms with van der Waals surface area (Å²) < 4.78 is 85.8. The van der Waals surface area contributed by atoms with Gasteiger partial charge in [-0.3, -0.25) is 35.0 Å². The molecule has 0 spiro atoms. The first-order valence-electron chi connectivity index (χ1n) is 36.5. The molecule has 6 aliphatic rings. The summed E-state index contributed by atoms with van der Waals surface area (Å²) in [6.45, 7) is 16.3. The number of carbonyl (C=O) groups is 3. The van der Waals surface area contributed by atoms with Crippen molar-refractivity contribution >= 4 is 69.8 Å². The summed E-state index contributed by atoms with van der Waals surface area (Å²) in [5.74, 6) is 2.57. The molecule has 13 heterocycles. The topological polar surface area (TPSA) is 247 Å². The number of alkyl halides is 6. The standard InChI is InChI=1S/C30H34F3N5O.C27H28F3N5O4.C23H24N6O/c1-4-19(2)10-11-23-12-13-24(17-34-23)35-29(39)38-25-9-6-14-37(18-25)26-15-20(3)27(36-28(26)38)21-7-5-8-22(16-21)30(31,32)33;1-16-11-21-25(33-24(16)17-5-2-6-18(12-17)27(28,29)30)35(19-7-4-10-34(21)13-19)26(38)32-22-8-3-9-23(31-22)39-15-20(37)14-36;1-15-11-20-22(27-21(15)17-7-9-25-16(2)12-17)29(19-6-4-10-28(20)14-19)23(30)26-18-5-3-8-24-13-18/h5,7-8,12-13,15-17,19,25H,4,6,9-11,14,18H2,1-3H3,(H,35,39);2-3,5-6,8-9,11-12,19-20,36-37H,4,7,10,13-15H2,1H3,(H,31,32,38);3,5,7-9,11-13,19H,4,6,10,14H2,1-2H3,(H,26,30)/t19-,25+;19-,20-;19-/m100/s1. The van der Waals surface area contributed by atoms with Crippen molar-refractivity contribution in [3.05, 3.63) is 185 Å². The Morgan fingerprint density at radius 2 is 1.04 bits per heavy atom. The Hall–Kier alpha value is -11.0. The van der Waals surface area contributed by atoms with Crippen LogP contribution in [0.15, 0.2) is 146 Å². The van der Waals surface area contributed by atoms with Crippen LogP contribution < -0.4 is 50.1 Å². The number of aryl methyl sites for hydroxylation is 5. The molecule has 0 radical (unpaired) electrons. The highest BCUT2D eigenvalue weighted by Gasteiger charge is 2.43. The van der Waals surface area contributed by atoms with Crippen LogP contribution in [0, 0.1) is 33.6 Å². The number of nitrogens with zero attached hydrogens (tertiary/aromatic N) is 13. The average molecular weight is 1480 g/mol. The van der Waals surface area contributed by atoms with Crippen molar-refractivity contribution in [2.45, 2.75) is 136 Å². The quantitative estimate of drug-likeness (QED) is 0.0635. The molecule has 0 saturated carbocycles. The van der Waals surface area contributed by atoms with Gasteiger partial charge in [-0.05, 0) is 187 Å². The van der Waals surface area contributed by atoms with E-state index in [4.69, 9.17) is 24.8 Å². The fourth-order valence-electron chi connectivity index (χ4n) is 14.7. The lowest BCUT2D eigenvalue weighted by molar-refractivity contribution is -0.138. The first-order chi connectivity index (χ1) is 51.9. The Balaban J connectivity index is 0.000000144. The number of amides is 6. The molecule has 6 aliphatic heterocycles. The number of benzene rings is 2. The number of aromatic nitrogens is 7. The molecule has 5 atom stereocenters. The summed E-state index contributed by atoms with van der Waals surface area (Å²) in [5.41, 5.74) is 10.3. The van der Waals surface area contributed by atoms with Crippen LogP contribution in [0.1, 0.15) is 104 Å². The van der Waals surface area contributed by atoms with Crippen molar-refractivity contribution in [3.63, 3.8) is 0 Å². The van der Waals surface area contributed by atoms with Gasteiger partial charge in [0.05, 0.1) is 93.8 Å². The number of urea groups is 3. The molecule has 5 N–H and O–H groups in total. The van der Waals surface area contributed by atoms with E-state index in [1.807, 2.05) is 67.3 Å². The number of aliphatic hydroxyl groups is 2. The number of carbonyl (C=O) groups excluding carboxylic acids is 3. The third-order valence-electron chi connectivity index (χ3n) is 20.4. The van der Waals surface area contributed by atoms with E-state index in [0.29, 0.717) is 70.1 Å². The molecule has 0 unspecified atom stereocenters. The lowest BCUT2D eigenvalue weighted by Crippen LogP contribution is -2.56. The predicted octanol–water partition coefficient (Wildman–Crippen LogP) is 15.9. The number of ether oxygens (including phenoxy) is 1. The highest BCUT2D eigenvalue weighted by atomic mass is 19.4. The van der Waals surface area contributed by atoms with Gasteiger partial charge < -0.3 is 40.3 Å². The largest absolute Gasteiger partial charge is 0.475 e. The molecular formula is C80H86F6N16O6. The SMILES string of the molecule is CC[C@@H](C)CCc1ccc(NC(=O)N2c3nc(-c4cccc(C(F)(F)F)c4)c(C)cc3N3CCC[C@H]2C3)cn1.Cc1cc(-c2nc3c(cc2C)N2CCC[C@@H](C2)N3C(=O)Nc2cccnc2)ccn1.Cc1cc2c(nc1-c1cccc(C(F)(F)F)c1)N(C(=O)Nc1cccc(OC[C@@H](O)CO)n1)[C@H]1CCCN2C1. The summed E-state index contributed by atoms with van der Waals surface area (Å²) in [6.07, 6.45) is 5.32. The van der Waals surface area contributed by atoms with Crippen molar-refractivity contribution in [3.8, 4) is 39.7 Å². The minimum Gasteiger partial charge on any atom is -0.475 e. The van der Waals surface area contributed by atoms with E-state index in [0.717, 1.165) is 165 Å². The number of halogens is 6. The molecule has 7 aromatic heterocycles. The van der Waals surface area contributed by atoms with Gasteiger partial charge in [0.1, 0.15) is 18.5 Å². The molecule has 0 aliphatic carbocycles. The monoisotopic (exact) mass is 1480 g/mol. The third kappa shape index (κ3) is 16.9. The number of aliphatic hydroxyl groups excluding tert-OH is 2. The van der Waals surface area contributed by atoms with E-state index in [9.17, 15) is 45.8 Å². The van der Waals surface area contributed by atoms with Crippen LogP contribution in [0.5, 0.6) is 5.88 Å². The van der Waals surface area contributed by atoms with E-state index in [1.54, 1.807) is 71.8 Å². The molecular weight excluding hydrogens is 1390 g/mol. The maximum Gasteiger partial charge on any atom is 0.416 e. The first kappa shape index (κ1) is 75.2. The second-order valence-corrected chi connectivity index (χ2v) is 28.3. The summed E-state index contributed by atoms with van der Waals surface area (Å²) >= 11 is 0. The van der Waals surface area contributed by atoms with Gasteiger partial charge in [0.15, 0.2) is 17.5 Å². The molecule has 3 saturated heterocycles. The van der Waals surface area contributed by atoms with Gasteiger partial charge in [0.25, 0.3) is 0 Å². The molecule has 9 aromatic rings. The Labute approximate surface area is 622 Å². The average Bonchev–Trinajstić information content (AvgIpc) is 0.758. The molecule has 2 aromatic carbocycles. The fourth-order valence-corrected chi connectivity index (χ4v) is 14.7. The first-order valence-corrected chi connectivity index (χ1v) is 36.5. The zero-order chi connectivity index (χ0) is 76.1. The van der Waals surface area contributed by atoms with Crippen LogP contribution >= 0.6 is 0 Å². The number of pyridine rings is 7. The Morgan fingerprint density at radius 3 is 1.48 bits per heavy atom. The number of rotatable bonds is 14. The van der Waals surface area contributed by atoms with Crippen LogP contribution in [-0.4, -0.2) is 140 Å². The minimum atomic E-state index is -4.49. The van der Waals surface area contributed by atoms with Gasteiger partial charge in [-0.25, -0.2) is 29.3 Å². The molecule has 6 bridgehead atoms. The Bertz CT molecular complexity index is 4750. The van der Waals surface area contributed by atoms with Crippen molar-refractivity contribution in [2.75, 3.05) is 97.8 Å². The normalized spacial score (nSPS) is 17.5. The van der Waals surface area contributed by atoms with E-state index in [2.05, 4.69) is 77.4 Å². The van der Waals surface area contributed by atoms with E-state index in [-0.39, 0.29) is 48.5 Å². The Kier molecular flexibility index (Phi) is 22.4. The van der Waals surface area contributed by atoms with Gasteiger partial charge >= 0.3 is 30.4 Å². The third-order valence-corrected chi connectivity index (χ3v) is 20.4. The molecule has 6 amide bonds. The minimum absolute atomic E-state index is 0.0846. The smallest absolute Gasteiger partial charge is 0.416 e. The number of hydrogen-bond acceptors (Lipinski definition) is 16. The van der Waals surface area contributed by atoms with Crippen LogP contribution in [-0.2, 0) is 18.8 Å². The maximum absolute atomic E-state index is 13.7. The number of piperidine rings is 3. The highest BCUT2D eigenvalue weighted by Crippen LogP contribution is 2.46. The second-order valence-electron chi connectivity index (χ2n) is 28.3. The van der Waals surface area contributed by atoms with Gasteiger partial charge in [-0.2, -0.15) is 31.3 Å². The molecule has 108 heavy (non-hydrogen) atoms. The van der Waals surface area contributed by atoms with Gasteiger partial charge in [-0.15, -0.1) is 0 Å². The lowest BCUT2D eigenvalue weighted by atomic mass is 9.97. The number of nitrogens with one attached hydrogen (secondary N) is 3. The van der Waals surface area contributed by atoms with Crippen molar-refractivity contribution in [1.82, 2.24) is 34.9 Å². The Morgan fingerprint density at radius 1 is 0.556 bits per heavy atom. The lowest BCUT2D eigenvalue weighted by Gasteiger charge is -2.46. The summed E-state index contributed by atoms with van der Waals surface area (Å²) in [6, 6.07) is 31.3. The van der Waals surface area contributed by atoms with Crippen molar-refractivity contribution < 1.29 is 55.7 Å². The number of fused-ring (bicyclic) bond motifs is 12. The maximum atomic E-state index is 13.7. The zero-order valence-corrected chi connectivity index (χ0v) is 60.9. The number of hydrogen-bond donors (Lipinski definition) is 5. The molecule has 28 heteroatoms. The van der Waals surface area contributed by atoms with E-state index < -0.39 is 42.2 Å². The van der Waals surface area contributed by atoms with Crippen LogP contribution in [0.3, 0.4) is 0 Å². The van der Waals surface area contributed by atoms with Crippen molar-refractivity contribution in [1.29, 1.82) is 0 Å². The van der Waals surface area contributed by atoms with Gasteiger partial charge in [-0.1, -0.05) is 50.6 Å². The summed E-state index contributed by atoms with van der Waals surface area (Å²) in [4.78, 5) is 84.3. The summed E-state index contributed by atoms with van der Waals surface area (Å²) in [5, 5.41) is 27.2. The van der Waals surface area contributed by atoms with Gasteiger partial charge in [0.2, 0.25) is 5.88 Å². The van der Waals surface area contributed by atoms with Crippen molar-refractivity contribution in [2.24, 2.45) is 5.92 Å². The second kappa shape index (κ2) is 32.2. The molecule has 564 valence electrons. The summed E-state index contributed by atoms with van der Waals surface area (Å²) in [7, 11) is 0. The zero-order valence-electron chi connectivity index (χ0n) is 60.9. The molecule has 22 nitrogen and oxygen atoms in total. The molecule has 15 rings (SSSR count). The van der Waals surface area contributed by atoms with E-state index >= 15 is 0 Å². The number of anilines is 9. The predicted molar refractivity (Wildman–Crippen MR) is 405 cm³/mol.